The number of hydrogen-bond acceptors (Lipinski definition) is 11. The van der Waals surface area contributed by atoms with Crippen molar-refractivity contribution in [3.8, 4) is 5.75 Å². The molecule has 12 nitrogen and oxygen atoms in total. The summed E-state index contributed by atoms with van der Waals surface area (Å²) >= 11 is 5.68. The normalized spacial score (nSPS) is 14.7. The number of nitro groups is 1. The van der Waals surface area contributed by atoms with Crippen LogP contribution in [0.1, 0.15) is 36.7 Å². The van der Waals surface area contributed by atoms with Crippen LogP contribution in [0.3, 0.4) is 0 Å². The lowest BCUT2D eigenvalue weighted by atomic mass is 9.96. The molecule has 0 unspecified atom stereocenters. The van der Waals surface area contributed by atoms with E-state index in [0.29, 0.717) is 47.6 Å². The summed E-state index contributed by atoms with van der Waals surface area (Å²) in [6.45, 7) is 5.19. The summed E-state index contributed by atoms with van der Waals surface area (Å²) in [5.41, 5.74) is 1.12. The molecular weight excluding hydrogens is 674 g/mol. The summed E-state index contributed by atoms with van der Waals surface area (Å²) in [6.07, 6.45) is 1.54. The predicted molar refractivity (Wildman–Crippen MR) is 168 cm³/mol. The number of fused-ring (bicyclic) bond motifs is 1. The van der Waals surface area contributed by atoms with Gasteiger partial charge in [0.15, 0.2) is 9.96 Å². The molecule has 1 aliphatic heterocycles. The van der Waals surface area contributed by atoms with E-state index >= 15 is 0 Å². The smallest absolute Gasteiger partial charge is 0.338 e. The van der Waals surface area contributed by atoms with Gasteiger partial charge in [-0.2, -0.15) is 0 Å². The molecule has 0 fully saturated rings. The largest absolute Gasteiger partial charge is 0.496 e. The predicted octanol–water partition coefficient (Wildman–Crippen LogP) is 4.02. The van der Waals surface area contributed by atoms with Crippen molar-refractivity contribution in [2.45, 2.75) is 36.9 Å². The number of carbonyl (C=O) groups excluding carboxylic acids is 1. The summed E-state index contributed by atoms with van der Waals surface area (Å²) in [5.74, 6) is -0.0309. The number of aryl methyl sites for hydroxylation is 1. The molecule has 44 heavy (non-hydrogen) atoms. The maximum absolute atomic E-state index is 14.1. The maximum atomic E-state index is 14.1. The Balaban J connectivity index is 1.72. The van der Waals surface area contributed by atoms with Crippen LogP contribution in [-0.2, 0) is 9.53 Å². The first-order valence-corrected chi connectivity index (χ1v) is 15.5. The van der Waals surface area contributed by atoms with Crippen LogP contribution >= 0.6 is 39.0 Å². The average molecular weight is 699 g/mol. The molecule has 4 aromatic rings. The lowest BCUT2D eigenvalue weighted by Gasteiger charge is -2.25. The Labute approximate surface area is 266 Å². The third-order valence-electron chi connectivity index (χ3n) is 6.55. The van der Waals surface area contributed by atoms with Crippen LogP contribution in [0.25, 0.3) is 6.08 Å². The molecule has 2 aromatic heterocycles. The van der Waals surface area contributed by atoms with Gasteiger partial charge in [0.25, 0.3) is 16.8 Å². The number of non-ortho nitro benzene ring substituents is 1. The zero-order valence-electron chi connectivity index (χ0n) is 23.7. The lowest BCUT2D eigenvalue weighted by molar-refractivity contribution is -0.384. The van der Waals surface area contributed by atoms with Crippen LogP contribution in [-0.4, -0.2) is 39.1 Å². The van der Waals surface area contributed by atoms with Gasteiger partial charge in [0.05, 0.1) is 45.0 Å². The third-order valence-corrected chi connectivity index (χ3v) is 9.14. The van der Waals surface area contributed by atoms with E-state index in [1.54, 1.807) is 39.0 Å². The molecule has 2 aromatic carbocycles. The number of aromatic amines is 1. The second kappa shape index (κ2) is 12.7. The van der Waals surface area contributed by atoms with Gasteiger partial charge in [-0.3, -0.25) is 24.3 Å². The Morgan fingerprint density at radius 1 is 1.23 bits per heavy atom. The minimum Gasteiger partial charge on any atom is -0.496 e. The number of nitrogens with zero attached hydrogens (tertiary/aromatic N) is 4. The number of esters is 1. The molecule has 1 aliphatic rings. The number of halogens is 1. The van der Waals surface area contributed by atoms with E-state index in [2.05, 4.69) is 30.9 Å². The van der Waals surface area contributed by atoms with Crippen molar-refractivity contribution >= 4 is 56.8 Å². The van der Waals surface area contributed by atoms with Crippen LogP contribution in [0.15, 0.2) is 82.8 Å². The number of rotatable bonds is 8. The number of allylic oxidation sites excluding steroid dienone is 1. The van der Waals surface area contributed by atoms with Gasteiger partial charge in [0, 0.05) is 28.8 Å². The number of ether oxygens (including phenoxy) is 2. The molecule has 3 heterocycles. The van der Waals surface area contributed by atoms with Crippen molar-refractivity contribution in [1.29, 1.82) is 0 Å². The summed E-state index contributed by atoms with van der Waals surface area (Å²) in [7, 11) is 1.53. The molecule has 0 saturated carbocycles. The standard InChI is InChI=1S/C29H24BrN5O7S2/c1-5-42-27(38)24-15(3)32-29-34(25(24)16-6-8-20(41-4)19(30)12-16)26(37)22(44-29)13-17-11-18(35(39)40)7-9-21(17)43-28-31-14(2)10-23(36)33-28/h6-13,25H,5H2,1-4H3,(H,31,33,36)/b22-13+/t25-/m0/s1. The van der Waals surface area contributed by atoms with E-state index in [4.69, 9.17) is 9.47 Å². The highest BCUT2D eigenvalue weighted by molar-refractivity contribution is 9.10. The first-order chi connectivity index (χ1) is 21.0. The van der Waals surface area contributed by atoms with Crippen molar-refractivity contribution in [3.05, 3.63) is 115 Å². The molecule has 5 rings (SSSR count). The van der Waals surface area contributed by atoms with Gasteiger partial charge >= 0.3 is 5.97 Å². The minimum atomic E-state index is -0.866. The molecule has 15 heteroatoms. The Hall–Kier alpha value is -4.34. The molecule has 1 N–H and O–H groups in total. The number of thiazole rings is 1. The molecule has 1 atom stereocenters. The highest BCUT2D eigenvalue weighted by Gasteiger charge is 2.33. The second-order valence-electron chi connectivity index (χ2n) is 9.47. The highest BCUT2D eigenvalue weighted by atomic mass is 79.9. The van der Waals surface area contributed by atoms with Crippen molar-refractivity contribution in [2.24, 2.45) is 4.99 Å². The SMILES string of the molecule is CCOC(=O)C1=C(C)N=c2s/c(=C/c3cc([N+](=O)[O-])ccc3Sc3nc(C)cc(=O)[nH]3)c(=O)n2[C@H]1c1ccc(OC)c(Br)c1. The van der Waals surface area contributed by atoms with Crippen molar-refractivity contribution < 1.29 is 19.2 Å². The van der Waals surface area contributed by atoms with E-state index in [0.717, 1.165) is 23.1 Å². The van der Waals surface area contributed by atoms with E-state index in [1.807, 2.05) is 0 Å². The van der Waals surface area contributed by atoms with Crippen LogP contribution in [0.4, 0.5) is 5.69 Å². The van der Waals surface area contributed by atoms with Crippen LogP contribution in [0, 0.1) is 17.0 Å². The van der Waals surface area contributed by atoms with E-state index < -0.39 is 22.5 Å². The average Bonchev–Trinajstić information content (AvgIpc) is 3.26. The van der Waals surface area contributed by atoms with Crippen LogP contribution < -0.4 is 25.2 Å². The zero-order valence-corrected chi connectivity index (χ0v) is 27.0. The fraction of sp³-hybridized carbons (Fsp3) is 0.207. The minimum absolute atomic E-state index is 0.132. The van der Waals surface area contributed by atoms with Gasteiger partial charge in [-0.15, -0.1) is 0 Å². The first kappa shape index (κ1) is 31.1. The molecule has 0 radical (unpaired) electrons. The number of nitro benzene ring substituents is 1. The first-order valence-electron chi connectivity index (χ1n) is 13.1. The molecular formula is C29H24BrN5O7S2. The van der Waals surface area contributed by atoms with E-state index in [9.17, 15) is 24.5 Å². The van der Waals surface area contributed by atoms with E-state index in [-0.39, 0.29) is 28.0 Å². The van der Waals surface area contributed by atoms with Crippen molar-refractivity contribution in [2.75, 3.05) is 13.7 Å². The van der Waals surface area contributed by atoms with Gasteiger partial charge in [-0.1, -0.05) is 29.2 Å². The summed E-state index contributed by atoms with van der Waals surface area (Å²) in [4.78, 5) is 62.8. The molecule has 0 aliphatic carbocycles. The topological polar surface area (TPSA) is 159 Å². The number of benzene rings is 2. The van der Waals surface area contributed by atoms with Crippen LogP contribution in [0.5, 0.6) is 5.75 Å². The number of methoxy groups -OCH3 is 1. The number of carbonyl (C=O) groups is 1. The zero-order chi connectivity index (χ0) is 31.7. The van der Waals surface area contributed by atoms with Gasteiger partial charge < -0.3 is 14.5 Å². The summed E-state index contributed by atoms with van der Waals surface area (Å²) in [5, 5.41) is 11.9. The number of hydrogen-bond donors (Lipinski definition) is 1. The Morgan fingerprint density at radius 3 is 2.66 bits per heavy atom. The maximum Gasteiger partial charge on any atom is 0.338 e. The van der Waals surface area contributed by atoms with Gasteiger partial charge in [-0.05, 0) is 72.1 Å². The molecule has 0 amide bonds. The fourth-order valence-corrected chi connectivity index (χ4v) is 7.18. The third kappa shape index (κ3) is 6.16. The Morgan fingerprint density at radius 2 is 2.00 bits per heavy atom. The number of aromatic nitrogens is 3. The van der Waals surface area contributed by atoms with Crippen molar-refractivity contribution in [1.82, 2.24) is 14.5 Å². The quantitative estimate of drug-likeness (QED) is 0.124. The Bertz CT molecular complexity index is 2100. The summed E-state index contributed by atoms with van der Waals surface area (Å²) in [6, 6.07) is 9.96. The van der Waals surface area contributed by atoms with Crippen molar-refractivity contribution in [3.63, 3.8) is 0 Å². The molecule has 226 valence electrons. The van der Waals surface area contributed by atoms with Gasteiger partial charge in [0.1, 0.15) is 5.75 Å². The molecule has 0 bridgehead atoms. The van der Waals surface area contributed by atoms with E-state index in [1.165, 1.54) is 42.0 Å². The number of H-pyrrole nitrogens is 1. The fourth-order valence-electron chi connectivity index (χ4n) is 4.66. The Kier molecular flexibility index (Phi) is 8.99. The highest BCUT2D eigenvalue weighted by Crippen LogP contribution is 2.35. The lowest BCUT2D eigenvalue weighted by Crippen LogP contribution is -2.40. The second-order valence-corrected chi connectivity index (χ2v) is 12.4. The van der Waals surface area contributed by atoms with Gasteiger partial charge in [0.2, 0.25) is 0 Å². The molecule has 0 saturated heterocycles. The molecule has 0 spiro atoms. The van der Waals surface area contributed by atoms with Gasteiger partial charge in [-0.25, -0.2) is 14.8 Å². The summed E-state index contributed by atoms with van der Waals surface area (Å²) < 4.78 is 13.0. The monoisotopic (exact) mass is 697 g/mol. The van der Waals surface area contributed by atoms with Crippen LogP contribution in [0.2, 0.25) is 0 Å². The number of nitrogens with one attached hydrogen (secondary N) is 1.